The molecule has 0 fully saturated rings. The summed E-state index contributed by atoms with van der Waals surface area (Å²) in [6.07, 6.45) is 0.229. The van der Waals surface area contributed by atoms with Gasteiger partial charge in [0.15, 0.2) is 5.60 Å². The van der Waals surface area contributed by atoms with E-state index in [9.17, 15) is 24.7 Å². The van der Waals surface area contributed by atoms with E-state index in [1.54, 1.807) is 38.1 Å². The maximum absolute atomic E-state index is 13.4. The fourth-order valence-corrected chi connectivity index (χ4v) is 4.71. The standard InChI is InChI=1S/C24H22N2O7/c1-3-20(27)32-11-15-13-7-5-6-8-18(13)26(31)21-14(15)10-25-19(21)9-17-16(22(25)28)12-33-23(29)24(17,30)4-2/h5-9,30H,3-4,10-12H2,1-2H3/t24-/m0/s1. The first-order chi connectivity index (χ1) is 15.8. The van der Waals surface area contributed by atoms with Crippen LogP contribution in [0.1, 0.15) is 48.9 Å². The van der Waals surface area contributed by atoms with E-state index < -0.39 is 17.1 Å². The van der Waals surface area contributed by atoms with Gasteiger partial charge in [-0.1, -0.05) is 26.0 Å². The Morgan fingerprint density at radius 2 is 2.03 bits per heavy atom. The first-order valence-electron chi connectivity index (χ1n) is 10.8. The summed E-state index contributed by atoms with van der Waals surface area (Å²) < 4.78 is 12.7. The Labute approximate surface area is 188 Å². The quantitative estimate of drug-likeness (QED) is 0.286. The zero-order valence-electron chi connectivity index (χ0n) is 18.2. The van der Waals surface area contributed by atoms with Crippen molar-refractivity contribution in [2.75, 3.05) is 0 Å². The zero-order valence-corrected chi connectivity index (χ0v) is 18.2. The molecule has 1 N–H and O–H groups in total. The number of nitrogens with zero attached hydrogens (tertiary/aromatic N) is 2. The van der Waals surface area contributed by atoms with E-state index in [2.05, 4.69) is 0 Å². The summed E-state index contributed by atoms with van der Waals surface area (Å²) in [5.41, 5.74) is 0.0885. The molecule has 170 valence electrons. The largest absolute Gasteiger partial charge is 0.618 e. The van der Waals surface area contributed by atoms with E-state index in [-0.39, 0.29) is 55.4 Å². The summed E-state index contributed by atoms with van der Waals surface area (Å²) in [6, 6.07) is 8.49. The topological polar surface area (TPSA) is 122 Å². The Morgan fingerprint density at radius 1 is 1.27 bits per heavy atom. The van der Waals surface area contributed by atoms with Crippen molar-refractivity contribution in [2.45, 2.75) is 52.0 Å². The van der Waals surface area contributed by atoms with Crippen molar-refractivity contribution in [1.29, 1.82) is 0 Å². The second kappa shape index (κ2) is 7.41. The number of carbonyl (C=O) groups excluding carboxylic acids is 2. The summed E-state index contributed by atoms with van der Waals surface area (Å²) >= 11 is 0. The first-order valence-corrected chi connectivity index (χ1v) is 10.8. The monoisotopic (exact) mass is 450 g/mol. The number of carbonyl (C=O) groups is 2. The van der Waals surface area contributed by atoms with E-state index in [4.69, 9.17) is 9.47 Å². The number of rotatable bonds is 4. The van der Waals surface area contributed by atoms with Crippen molar-refractivity contribution in [1.82, 2.24) is 4.57 Å². The number of hydrogen-bond acceptors (Lipinski definition) is 7. The van der Waals surface area contributed by atoms with Crippen LogP contribution in [0.2, 0.25) is 0 Å². The molecule has 9 heteroatoms. The molecule has 4 heterocycles. The lowest BCUT2D eigenvalue weighted by Gasteiger charge is -2.31. The molecule has 2 aliphatic heterocycles. The number of benzene rings is 1. The van der Waals surface area contributed by atoms with Crippen LogP contribution < -0.4 is 10.3 Å². The lowest BCUT2D eigenvalue weighted by molar-refractivity contribution is -0.565. The fourth-order valence-electron chi connectivity index (χ4n) is 4.71. The van der Waals surface area contributed by atoms with Crippen LogP contribution in [0.25, 0.3) is 22.3 Å². The van der Waals surface area contributed by atoms with Gasteiger partial charge in [0.2, 0.25) is 11.2 Å². The van der Waals surface area contributed by atoms with Gasteiger partial charge in [-0.2, -0.15) is 4.73 Å². The van der Waals surface area contributed by atoms with Crippen LogP contribution in [0.3, 0.4) is 0 Å². The van der Waals surface area contributed by atoms with Gasteiger partial charge in [0.05, 0.1) is 23.1 Å². The maximum Gasteiger partial charge on any atom is 0.343 e. The fraction of sp³-hybridized carbons (Fsp3) is 0.333. The number of esters is 2. The molecule has 0 amide bonds. The van der Waals surface area contributed by atoms with Gasteiger partial charge in [-0.15, -0.1) is 0 Å². The predicted octanol–water partition coefficient (Wildman–Crippen LogP) is 1.77. The highest BCUT2D eigenvalue weighted by molar-refractivity contribution is 5.86. The highest BCUT2D eigenvalue weighted by atomic mass is 16.6. The second-order valence-corrected chi connectivity index (χ2v) is 8.23. The van der Waals surface area contributed by atoms with E-state index in [0.717, 1.165) is 4.73 Å². The van der Waals surface area contributed by atoms with Crippen LogP contribution >= 0.6 is 0 Å². The van der Waals surface area contributed by atoms with E-state index in [1.807, 2.05) is 0 Å². The molecule has 0 aliphatic carbocycles. The molecule has 2 aliphatic rings. The Balaban J connectivity index is 1.80. The van der Waals surface area contributed by atoms with Gasteiger partial charge in [-0.25, -0.2) is 4.79 Å². The smallest absolute Gasteiger partial charge is 0.343 e. The summed E-state index contributed by atoms with van der Waals surface area (Å²) in [6.45, 7) is 3.13. The number of fused-ring (bicyclic) bond motifs is 5. The number of ether oxygens (including phenoxy) is 2. The molecule has 1 atom stereocenters. The Kier molecular flexibility index (Phi) is 4.75. The minimum atomic E-state index is -1.96. The Morgan fingerprint density at radius 3 is 2.76 bits per heavy atom. The van der Waals surface area contributed by atoms with Crippen molar-refractivity contribution in [3.05, 3.63) is 68.1 Å². The van der Waals surface area contributed by atoms with Crippen LogP contribution in [-0.2, 0) is 44.4 Å². The Hall–Kier alpha value is -3.72. The molecule has 0 radical (unpaired) electrons. The molecule has 0 unspecified atom stereocenters. The number of pyridine rings is 2. The van der Waals surface area contributed by atoms with E-state index in [1.165, 1.54) is 10.6 Å². The zero-order chi connectivity index (χ0) is 23.5. The molecule has 2 aromatic heterocycles. The van der Waals surface area contributed by atoms with Gasteiger partial charge < -0.3 is 19.8 Å². The molecule has 0 bridgehead atoms. The average Bonchev–Trinajstić information content (AvgIpc) is 3.21. The molecular weight excluding hydrogens is 428 g/mol. The Bertz CT molecular complexity index is 1410. The van der Waals surface area contributed by atoms with Crippen molar-refractivity contribution in [3.63, 3.8) is 0 Å². The van der Waals surface area contributed by atoms with Crippen LogP contribution in [0.15, 0.2) is 35.1 Å². The SMILES string of the molecule is CCC(=O)OCc1c2c([n+]([O-])c3ccccc13)-c1cc3c(c(=O)n1C2)COC(=O)[C@]3(O)CC. The lowest BCUT2D eigenvalue weighted by atomic mass is 9.86. The van der Waals surface area contributed by atoms with Gasteiger partial charge in [0.1, 0.15) is 18.9 Å². The summed E-state index contributed by atoms with van der Waals surface area (Å²) in [5, 5.41) is 25.1. The summed E-state index contributed by atoms with van der Waals surface area (Å²) in [4.78, 5) is 37.6. The molecule has 0 saturated carbocycles. The number of hydrogen-bond donors (Lipinski definition) is 1. The third-order valence-electron chi connectivity index (χ3n) is 6.57. The third kappa shape index (κ3) is 2.88. The van der Waals surface area contributed by atoms with Gasteiger partial charge in [0, 0.05) is 23.6 Å². The van der Waals surface area contributed by atoms with Crippen LogP contribution in [0, 0.1) is 5.21 Å². The molecule has 5 rings (SSSR count). The van der Waals surface area contributed by atoms with Crippen molar-refractivity contribution in [3.8, 4) is 11.4 Å². The lowest BCUT2D eigenvalue weighted by Crippen LogP contribution is -2.44. The number of para-hydroxylation sites is 1. The molecule has 9 nitrogen and oxygen atoms in total. The van der Waals surface area contributed by atoms with Crippen molar-refractivity contribution >= 4 is 22.8 Å². The van der Waals surface area contributed by atoms with Crippen LogP contribution in [-0.4, -0.2) is 21.6 Å². The number of aromatic nitrogens is 2. The van der Waals surface area contributed by atoms with Crippen molar-refractivity contribution < 1.29 is 28.9 Å². The maximum atomic E-state index is 13.4. The van der Waals surface area contributed by atoms with Crippen LogP contribution in [0.5, 0.6) is 0 Å². The predicted molar refractivity (Wildman–Crippen MR) is 116 cm³/mol. The van der Waals surface area contributed by atoms with Crippen molar-refractivity contribution in [2.24, 2.45) is 0 Å². The number of cyclic esters (lactones) is 1. The summed E-state index contributed by atoms with van der Waals surface area (Å²) in [7, 11) is 0. The van der Waals surface area contributed by atoms with E-state index in [0.29, 0.717) is 27.7 Å². The highest BCUT2D eigenvalue weighted by Crippen LogP contribution is 2.39. The molecular formula is C24H22N2O7. The van der Waals surface area contributed by atoms with Gasteiger partial charge in [0.25, 0.3) is 5.56 Å². The molecule has 1 aromatic carbocycles. The highest BCUT2D eigenvalue weighted by Gasteiger charge is 2.46. The third-order valence-corrected chi connectivity index (χ3v) is 6.57. The average molecular weight is 450 g/mol. The molecule has 33 heavy (non-hydrogen) atoms. The normalized spacial score (nSPS) is 18.5. The molecule has 0 spiro atoms. The van der Waals surface area contributed by atoms with Gasteiger partial charge >= 0.3 is 11.9 Å². The summed E-state index contributed by atoms with van der Waals surface area (Å²) in [5.74, 6) is -1.20. The van der Waals surface area contributed by atoms with Gasteiger partial charge in [-0.05, 0) is 18.6 Å². The van der Waals surface area contributed by atoms with Gasteiger partial charge in [-0.3, -0.25) is 14.2 Å². The number of aliphatic hydroxyl groups is 1. The molecule has 3 aromatic rings. The minimum absolute atomic E-state index is 0.0158. The molecule has 0 saturated heterocycles. The van der Waals surface area contributed by atoms with E-state index >= 15 is 0 Å². The first kappa shape index (κ1) is 21.1. The minimum Gasteiger partial charge on any atom is -0.618 e. The second-order valence-electron chi connectivity index (χ2n) is 8.23. The van der Waals surface area contributed by atoms with Crippen LogP contribution in [0.4, 0.5) is 0 Å².